The summed E-state index contributed by atoms with van der Waals surface area (Å²) in [6.07, 6.45) is 0.0421. The molecular formula is C29H36O8. The van der Waals surface area contributed by atoms with Crippen molar-refractivity contribution in [2.45, 2.75) is 71.7 Å². The summed E-state index contributed by atoms with van der Waals surface area (Å²) >= 11 is 0. The second-order valence-corrected chi connectivity index (χ2v) is 9.35. The van der Waals surface area contributed by atoms with E-state index in [4.69, 9.17) is 18.9 Å². The van der Waals surface area contributed by atoms with Crippen LogP contribution >= 0.6 is 0 Å². The molecule has 2 rings (SSSR count). The number of esters is 2. The Morgan fingerprint density at radius 1 is 0.703 bits per heavy atom. The minimum absolute atomic E-state index is 0.0211. The summed E-state index contributed by atoms with van der Waals surface area (Å²) in [6, 6.07) is 14.1. The van der Waals surface area contributed by atoms with Gasteiger partial charge in [0.15, 0.2) is 0 Å². The molecule has 0 saturated carbocycles. The number of rotatable bonds is 12. The lowest BCUT2D eigenvalue weighted by molar-refractivity contribution is -0.302. The van der Waals surface area contributed by atoms with E-state index >= 15 is 0 Å². The Kier molecular flexibility index (Phi) is 9.30. The van der Waals surface area contributed by atoms with Crippen LogP contribution in [-0.2, 0) is 24.5 Å². The van der Waals surface area contributed by atoms with Crippen LogP contribution in [0.3, 0.4) is 0 Å². The number of benzene rings is 2. The van der Waals surface area contributed by atoms with Crippen molar-refractivity contribution in [1.29, 1.82) is 0 Å². The Morgan fingerprint density at radius 2 is 1.00 bits per heavy atom. The Morgan fingerprint density at radius 3 is 1.24 bits per heavy atom. The maximum atomic E-state index is 11.8. The zero-order valence-corrected chi connectivity index (χ0v) is 22.3. The average Bonchev–Trinajstić information content (AvgIpc) is 2.84. The van der Waals surface area contributed by atoms with Gasteiger partial charge in [0.25, 0.3) is 0 Å². The molecular weight excluding hydrogens is 476 g/mol. The highest BCUT2D eigenvalue weighted by Crippen LogP contribution is 2.34. The van der Waals surface area contributed by atoms with E-state index in [1.807, 2.05) is 38.1 Å². The van der Waals surface area contributed by atoms with E-state index in [1.54, 1.807) is 38.1 Å². The summed E-state index contributed by atoms with van der Waals surface area (Å²) < 4.78 is 21.2. The Bertz CT molecular complexity index is 1040. The molecule has 0 spiro atoms. The molecule has 0 heterocycles. The van der Waals surface area contributed by atoms with Gasteiger partial charge in [0.1, 0.15) is 11.5 Å². The predicted octanol–water partition coefficient (Wildman–Crippen LogP) is 5.12. The molecule has 0 amide bonds. The normalized spacial score (nSPS) is 14.5. The van der Waals surface area contributed by atoms with E-state index in [-0.39, 0.29) is 24.0 Å². The second-order valence-electron chi connectivity index (χ2n) is 9.35. The minimum Gasteiger partial charge on any atom is -0.430 e. The van der Waals surface area contributed by atoms with E-state index < -0.39 is 29.3 Å². The zero-order chi connectivity index (χ0) is 28.0. The largest absolute Gasteiger partial charge is 0.430 e. The predicted molar refractivity (Wildman–Crippen MR) is 139 cm³/mol. The van der Waals surface area contributed by atoms with Crippen molar-refractivity contribution < 1.29 is 38.7 Å². The lowest BCUT2D eigenvalue weighted by Crippen LogP contribution is -2.40. The summed E-state index contributed by atoms with van der Waals surface area (Å²) in [5.41, 5.74) is 1.77. The number of carbonyl (C=O) groups excluding carboxylic acids is 2. The molecule has 0 aromatic heterocycles. The first-order chi connectivity index (χ1) is 17.1. The van der Waals surface area contributed by atoms with Crippen LogP contribution in [0.15, 0.2) is 72.8 Å². The summed E-state index contributed by atoms with van der Waals surface area (Å²) in [6.45, 7) is 17.3. The standard InChI is InChI=1S/C29H36O8/c1-9-28(32,36-25(30)19(3)4)34-23-15-11-21(12-16-23)27(7,8)22-13-17-24(18-14-22)35-29(33,10-2)37-26(31)20(5)6/h11-18,32-33H,3,5,9-10H2,1-2,4,6-8H3. The van der Waals surface area contributed by atoms with E-state index in [2.05, 4.69) is 13.2 Å². The van der Waals surface area contributed by atoms with Crippen molar-refractivity contribution in [3.05, 3.63) is 84.0 Å². The van der Waals surface area contributed by atoms with Gasteiger partial charge in [0.05, 0.1) is 12.8 Å². The highest BCUT2D eigenvalue weighted by molar-refractivity contribution is 5.87. The third kappa shape index (κ3) is 7.68. The topological polar surface area (TPSA) is 112 Å². The molecule has 8 nitrogen and oxygen atoms in total. The fourth-order valence-electron chi connectivity index (χ4n) is 3.21. The van der Waals surface area contributed by atoms with Gasteiger partial charge in [0.2, 0.25) is 0 Å². The van der Waals surface area contributed by atoms with E-state index in [1.165, 1.54) is 13.8 Å². The molecule has 37 heavy (non-hydrogen) atoms. The monoisotopic (exact) mass is 512 g/mol. The summed E-state index contributed by atoms with van der Waals surface area (Å²) in [4.78, 5) is 23.7. The van der Waals surface area contributed by atoms with Crippen molar-refractivity contribution in [1.82, 2.24) is 0 Å². The third-order valence-electron chi connectivity index (χ3n) is 5.80. The van der Waals surface area contributed by atoms with Crippen LogP contribution in [0, 0.1) is 0 Å². The minimum atomic E-state index is -2.11. The molecule has 8 heteroatoms. The number of hydrogen-bond acceptors (Lipinski definition) is 8. The van der Waals surface area contributed by atoms with Crippen LogP contribution in [0.25, 0.3) is 0 Å². The smallest absolute Gasteiger partial charge is 0.371 e. The molecule has 2 aromatic carbocycles. The number of hydrogen-bond donors (Lipinski definition) is 2. The molecule has 0 radical (unpaired) electrons. The first-order valence-electron chi connectivity index (χ1n) is 12.0. The summed E-state index contributed by atoms with van der Waals surface area (Å²) in [5, 5.41) is 21.1. The fraction of sp³-hybridized carbons (Fsp3) is 0.379. The van der Waals surface area contributed by atoms with Gasteiger partial charge in [-0.3, -0.25) is 0 Å². The maximum absolute atomic E-state index is 11.8. The molecule has 0 aliphatic rings. The van der Waals surface area contributed by atoms with Gasteiger partial charge < -0.3 is 29.2 Å². The van der Waals surface area contributed by atoms with Crippen molar-refractivity contribution in [2.24, 2.45) is 0 Å². The molecule has 2 atom stereocenters. The van der Waals surface area contributed by atoms with Crippen LogP contribution in [0.4, 0.5) is 0 Å². The van der Waals surface area contributed by atoms with Gasteiger partial charge in [-0.2, -0.15) is 0 Å². The van der Waals surface area contributed by atoms with Gasteiger partial charge >= 0.3 is 23.9 Å². The Labute approximate surface area is 218 Å². The van der Waals surface area contributed by atoms with Crippen molar-refractivity contribution >= 4 is 11.9 Å². The van der Waals surface area contributed by atoms with Gasteiger partial charge in [-0.1, -0.05) is 65.1 Å². The molecule has 0 bridgehead atoms. The summed E-state index contributed by atoms with van der Waals surface area (Å²) in [5.74, 6) is -5.07. The maximum Gasteiger partial charge on any atom is 0.371 e. The van der Waals surface area contributed by atoms with E-state index in [0.717, 1.165) is 11.1 Å². The molecule has 0 aliphatic heterocycles. The van der Waals surface area contributed by atoms with E-state index in [9.17, 15) is 19.8 Å². The highest BCUT2D eigenvalue weighted by Gasteiger charge is 2.34. The average molecular weight is 513 g/mol. The fourth-order valence-corrected chi connectivity index (χ4v) is 3.21. The molecule has 0 saturated heterocycles. The van der Waals surface area contributed by atoms with Gasteiger partial charge in [-0.05, 0) is 49.2 Å². The van der Waals surface area contributed by atoms with Crippen molar-refractivity contribution in [2.75, 3.05) is 0 Å². The molecule has 0 aliphatic carbocycles. The zero-order valence-electron chi connectivity index (χ0n) is 22.3. The first-order valence-corrected chi connectivity index (χ1v) is 12.0. The lowest BCUT2D eigenvalue weighted by Gasteiger charge is -2.29. The Balaban J connectivity index is 2.17. The van der Waals surface area contributed by atoms with Crippen molar-refractivity contribution in [3.63, 3.8) is 0 Å². The molecule has 2 unspecified atom stereocenters. The molecule has 2 N–H and O–H groups in total. The van der Waals surface area contributed by atoms with Gasteiger partial charge in [0, 0.05) is 16.6 Å². The lowest BCUT2D eigenvalue weighted by atomic mass is 9.78. The van der Waals surface area contributed by atoms with E-state index in [0.29, 0.717) is 11.5 Å². The first kappa shape index (κ1) is 29.6. The molecule has 2 aromatic rings. The van der Waals surface area contributed by atoms with Crippen LogP contribution in [-0.4, -0.2) is 34.1 Å². The van der Waals surface area contributed by atoms with Crippen LogP contribution < -0.4 is 9.47 Å². The SMILES string of the molecule is C=C(C)C(=O)OC(O)(CC)Oc1ccc(C(C)(C)c2ccc(OC(O)(CC)OC(=O)C(=C)C)cc2)cc1. The third-order valence-corrected chi connectivity index (χ3v) is 5.80. The second kappa shape index (κ2) is 11.6. The number of aliphatic hydroxyl groups is 2. The molecule has 0 fully saturated rings. The summed E-state index contributed by atoms with van der Waals surface area (Å²) in [7, 11) is 0. The van der Waals surface area contributed by atoms with Gasteiger partial charge in [-0.15, -0.1) is 0 Å². The van der Waals surface area contributed by atoms with Crippen LogP contribution in [0.2, 0.25) is 0 Å². The van der Waals surface area contributed by atoms with Crippen molar-refractivity contribution in [3.8, 4) is 11.5 Å². The highest BCUT2D eigenvalue weighted by atomic mass is 16.8. The number of ether oxygens (including phenoxy) is 4. The van der Waals surface area contributed by atoms with Gasteiger partial charge in [-0.25, -0.2) is 9.59 Å². The quantitative estimate of drug-likeness (QED) is 0.229. The van der Waals surface area contributed by atoms with Crippen LogP contribution in [0.1, 0.15) is 65.5 Å². The van der Waals surface area contributed by atoms with Crippen LogP contribution in [0.5, 0.6) is 11.5 Å². The molecule has 200 valence electrons. The number of carbonyl (C=O) groups is 2. The Hall–Kier alpha value is -3.62.